The molecule has 26 heavy (non-hydrogen) atoms. The van der Waals surface area contributed by atoms with Crippen molar-refractivity contribution in [3.05, 3.63) is 48.3 Å². The highest BCUT2D eigenvalue weighted by atomic mass is 16.6. The number of carbonyl (C=O) groups is 2. The highest BCUT2D eigenvalue weighted by molar-refractivity contribution is 5.87. The number of esters is 2. The van der Waals surface area contributed by atoms with Crippen molar-refractivity contribution >= 4 is 11.9 Å². The van der Waals surface area contributed by atoms with Crippen molar-refractivity contribution in [2.75, 3.05) is 0 Å². The van der Waals surface area contributed by atoms with Crippen LogP contribution < -0.4 is 0 Å². The van der Waals surface area contributed by atoms with Gasteiger partial charge in [0.05, 0.1) is 12.5 Å². The van der Waals surface area contributed by atoms with Crippen molar-refractivity contribution in [1.29, 1.82) is 0 Å². The van der Waals surface area contributed by atoms with Gasteiger partial charge in [0.1, 0.15) is 12.2 Å². The van der Waals surface area contributed by atoms with Crippen LogP contribution in [-0.4, -0.2) is 24.1 Å². The van der Waals surface area contributed by atoms with Crippen LogP contribution in [0.15, 0.2) is 45.6 Å². The van der Waals surface area contributed by atoms with Crippen molar-refractivity contribution in [2.24, 2.45) is 23.7 Å². The zero-order valence-electron chi connectivity index (χ0n) is 14.2. The summed E-state index contributed by atoms with van der Waals surface area (Å²) in [6.07, 6.45) is 6.52. The topological polar surface area (TPSA) is 78.9 Å². The highest BCUT2D eigenvalue weighted by Crippen LogP contribution is 2.60. The minimum Gasteiger partial charge on any atom is -0.457 e. The quantitative estimate of drug-likeness (QED) is 0.778. The van der Waals surface area contributed by atoms with E-state index in [1.54, 1.807) is 24.3 Å². The average molecular weight is 356 g/mol. The van der Waals surface area contributed by atoms with E-state index in [4.69, 9.17) is 18.3 Å². The van der Waals surface area contributed by atoms with Gasteiger partial charge in [-0.1, -0.05) is 6.42 Å². The van der Waals surface area contributed by atoms with Gasteiger partial charge in [0.25, 0.3) is 0 Å². The van der Waals surface area contributed by atoms with E-state index in [-0.39, 0.29) is 23.4 Å². The van der Waals surface area contributed by atoms with Crippen molar-refractivity contribution in [2.45, 2.75) is 37.9 Å². The molecular formula is C20H20O6. The van der Waals surface area contributed by atoms with Gasteiger partial charge in [0.2, 0.25) is 11.5 Å². The summed E-state index contributed by atoms with van der Waals surface area (Å²) < 4.78 is 21.9. The van der Waals surface area contributed by atoms with Crippen LogP contribution in [0.3, 0.4) is 0 Å². The van der Waals surface area contributed by atoms with Crippen molar-refractivity contribution < 1.29 is 27.9 Å². The van der Waals surface area contributed by atoms with E-state index in [9.17, 15) is 9.59 Å². The summed E-state index contributed by atoms with van der Waals surface area (Å²) >= 11 is 0. The Balaban J connectivity index is 1.39. The molecule has 2 aromatic heterocycles. The van der Waals surface area contributed by atoms with Gasteiger partial charge in [-0.05, 0) is 55.4 Å². The van der Waals surface area contributed by atoms with Gasteiger partial charge in [-0.15, -0.1) is 0 Å². The van der Waals surface area contributed by atoms with E-state index in [1.807, 2.05) is 0 Å². The second kappa shape index (κ2) is 6.04. The minimum absolute atomic E-state index is 0.173. The average Bonchev–Trinajstić information content (AvgIpc) is 3.40. The Kier molecular flexibility index (Phi) is 3.65. The SMILES string of the molecule is O=C(OC1C2CC(C3CCCC32)C1OC(=O)c1ccco1)c1ccco1. The Morgan fingerprint density at radius 3 is 1.73 bits per heavy atom. The zero-order valence-corrected chi connectivity index (χ0v) is 14.2. The summed E-state index contributed by atoms with van der Waals surface area (Å²) in [6, 6.07) is 6.47. The molecule has 3 aliphatic carbocycles. The molecule has 6 nitrogen and oxygen atoms in total. The number of rotatable bonds is 4. The van der Waals surface area contributed by atoms with Crippen LogP contribution in [0.5, 0.6) is 0 Å². The highest BCUT2D eigenvalue weighted by Gasteiger charge is 2.62. The first kappa shape index (κ1) is 15.7. The lowest BCUT2D eigenvalue weighted by Gasteiger charge is -2.36. The fourth-order valence-corrected chi connectivity index (χ4v) is 5.45. The predicted octanol–water partition coefficient (Wildman–Crippen LogP) is 3.69. The van der Waals surface area contributed by atoms with Crippen LogP contribution in [0.1, 0.15) is 46.8 Å². The lowest BCUT2D eigenvalue weighted by Crippen LogP contribution is -2.45. The lowest BCUT2D eigenvalue weighted by molar-refractivity contribution is -0.0786. The normalized spacial score (nSPS) is 34.6. The molecule has 0 aromatic carbocycles. The van der Waals surface area contributed by atoms with Gasteiger partial charge in [-0.3, -0.25) is 0 Å². The number of ether oxygens (including phenoxy) is 2. The maximum absolute atomic E-state index is 12.4. The van der Waals surface area contributed by atoms with Gasteiger partial charge < -0.3 is 18.3 Å². The van der Waals surface area contributed by atoms with Crippen LogP contribution >= 0.6 is 0 Å². The summed E-state index contributed by atoms with van der Waals surface area (Å²) in [5.74, 6) is 0.976. The largest absolute Gasteiger partial charge is 0.457 e. The standard InChI is InChI=1S/C20H20O6/c21-19(15-6-2-8-23-15)25-17-13-10-14(12-5-1-4-11(12)13)18(17)26-20(22)16-7-3-9-24-16/h2-3,6-9,11-14,17-18H,1,4-5,10H2. The van der Waals surface area contributed by atoms with Crippen molar-refractivity contribution in [1.82, 2.24) is 0 Å². The van der Waals surface area contributed by atoms with Crippen LogP contribution in [0.2, 0.25) is 0 Å². The molecule has 0 saturated heterocycles. The Bertz CT molecular complexity index is 726. The zero-order chi connectivity index (χ0) is 17.7. The Morgan fingerprint density at radius 2 is 1.31 bits per heavy atom. The molecule has 6 heteroatoms. The fraction of sp³-hybridized carbons (Fsp3) is 0.500. The van der Waals surface area contributed by atoms with Crippen LogP contribution in [0.4, 0.5) is 0 Å². The van der Waals surface area contributed by atoms with Crippen LogP contribution in [-0.2, 0) is 9.47 Å². The number of hydrogen-bond acceptors (Lipinski definition) is 6. The smallest absolute Gasteiger partial charge is 0.374 e. The third-order valence-corrected chi connectivity index (χ3v) is 6.37. The molecule has 6 unspecified atom stereocenters. The second-order valence-corrected chi connectivity index (χ2v) is 7.52. The molecule has 3 fully saturated rings. The molecule has 3 saturated carbocycles. The number of carbonyl (C=O) groups excluding carboxylic acids is 2. The lowest BCUT2D eigenvalue weighted by atomic mass is 9.78. The third-order valence-electron chi connectivity index (χ3n) is 6.37. The molecule has 0 radical (unpaired) electrons. The Labute approximate surface area is 150 Å². The molecule has 2 aromatic rings. The van der Waals surface area contributed by atoms with Crippen LogP contribution in [0, 0.1) is 23.7 Å². The summed E-state index contributed by atoms with van der Waals surface area (Å²) in [6.45, 7) is 0. The molecule has 0 aliphatic heterocycles. The van der Waals surface area contributed by atoms with Gasteiger partial charge in [0.15, 0.2) is 0 Å². The van der Waals surface area contributed by atoms with E-state index >= 15 is 0 Å². The molecule has 136 valence electrons. The Hall–Kier alpha value is -2.50. The molecule has 3 aliphatic rings. The first-order valence-corrected chi connectivity index (χ1v) is 9.21. The van der Waals surface area contributed by atoms with Gasteiger partial charge in [-0.2, -0.15) is 0 Å². The minimum atomic E-state index is -0.499. The van der Waals surface area contributed by atoms with E-state index in [2.05, 4.69) is 0 Å². The Morgan fingerprint density at radius 1 is 0.808 bits per heavy atom. The number of furan rings is 2. The van der Waals surface area contributed by atoms with Gasteiger partial charge >= 0.3 is 11.9 Å². The summed E-state index contributed by atoms with van der Waals surface area (Å²) in [4.78, 5) is 24.8. The molecule has 0 amide bonds. The first-order valence-electron chi connectivity index (χ1n) is 9.21. The molecule has 6 atom stereocenters. The van der Waals surface area contributed by atoms with Gasteiger partial charge in [0, 0.05) is 11.8 Å². The molecule has 2 bridgehead atoms. The molecule has 2 heterocycles. The van der Waals surface area contributed by atoms with E-state index < -0.39 is 24.1 Å². The molecular weight excluding hydrogens is 336 g/mol. The summed E-state index contributed by atoms with van der Waals surface area (Å²) in [7, 11) is 0. The monoisotopic (exact) mass is 356 g/mol. The number of fused-ring (bicyclic) bond motifs is 5. The molecule has 5 rings (SSSR count). The molecule has 0 spiro atoms. The maximum atomic E-state index is 12.4. The van der Waals surface area contributed by atoms with E-state index in [1.165, 1.54) is 31.8 Å². The van der Waals surface area contributed by atoms with Gasteiger partial charge in [-0.25, -0.2) is 9.59 Å². The summed E-state index contributed by atoms with van der Waals surface area (Å²) in [5.41, 5.74) is 0. The summed E-state index contributed by atoms with van der Waals surface area (Å²) in [5, 5.41) is 0. The second-order valence-electron chi connectivity index (χ2n) is 7.52. The number of hydrogen-bond donors (Lipinski definition) is 0. The van der Waals surface area contributed by atoms with E-state index in [0.717, 1.165) is 6.42 Å². The first-order chi connectivity index (χ1) is 12.7. The third kappa shape index (κ3) is 2.39. The fourth-order valence-electron chi connectivity index (χ4n) is 5.45. The maximum Gasteiger partial charge on any atom is 0.374 e. The molecule has 0 N–H and O–H groups in total. The van der Waals surface area contributed by atoms with E-state index in [0.29, 0.717) is 11.8 Å². The predicted molar refractivity (Wildman–Crippen MR) is 88.3 cm³/mol. The van der Waals surface area contributed by atoms with Crippen LogP contribution in [0.25, 0.3) is 0 Å². The van der Waals surface area contributed by atoms with Crippen molar-refractivity contribution in [3.63, 3.8) is 0 Å². The van der Waals surface area contributed by atoms with Crippen molar-refractivity contribution in [3.8, 4) is 0 Å².